The zero-order chi connectivity index (χ0) is 18.6. The SMILES string of the molecule is CC(C)CC(NC(=O)c1cn(C)nc1-c1ccccc1)C(=O)C(N)=O. The Balaban J connectivity index is 2.30. The largest absolute Gasteiger partial charge is 0.363 e. The molecule has 1 unspecified atom stereocenters. The first-order chi connectivity index (χ1) is 11.8. The molecule has 2 rings (SSSR count). The van der Waals surface area contributed by atoms with Crippen LogP contribution >= 0.6 is 0 Å². The van der Waals surface area contributed by atoms with Crippen molar-refractivity contribution in [1.29, 1.82) is 0 Å². The second kappa shape index (κ2) is 7.74. The van der Waals surface area contributed by atoms with Crippen LogP contribution in [0.4, 0.5) is 0 Å². The van der Waals surface area contributed by atoms with Gasteiger partial charge < -0.3 is 11.1 Å². The molecule has 0 saturated carbocycles. The fourth-order valence-corrected chi connectivity index (χ4v) is 2.57. The fourth-order valence-electron chi connectivity index (χ4n) is 2.57. The van der Waals surface area contributed by atoms with Gasteiger partial charge in [-0.1, -0.05) is 44.2 Å². The van der Waals surface area contributed by atoms with Crippen LogP contribution in [-0.4, -0.2) is 33.4 Å². The number of aryl methyl sites for hydroxylation is 1. The summed E-state index contributed by atoms with van der Waals surface area (Å²) in [6.45, 7) is 3.79. The Morgan fingerprint density at radius 1 is 1.20 bits per heavy atom. The van der Waals surface area contributed by atoms with Crippen molar-refractivity contribution in [2.24, 2.45) is 18.7 Å². The Hall–Kier alpha value is -2.96. The maximum atomic E-state index is 12.7. The van der Waals surface area contributed by atoms with Gasteiger partial charge in [0.25, 0.3) is 11.8 Å². The number of carbonyl (C=O) groups excluding carboxylic acids is 3. The fraction of sp³-hybridized carbons (Fsp3) is 0.333. The maximum Gasteiger partial charge on any atom is 0.287 e. The zero-order valence-corrected chi connectivity index (χ0v) is 14.5. The van der Waals surface area contributed by atoms with Crippen molar-refractivity contribution in [1.82, 2.24) is 15.1 Å². The molecule has 25 heavy (non-hydrogen) atoms. The molecule has 0 aliphatic rings. The molecule has 0 bridgehead atoms. The molecule has 2 aromatic rings. The highest BCUT2D eigenvalue weighted by atomic mass is 16.2. The number of nitrogens with two attached hydrogens (primary N) is 1. The number of carbonyl (C=O) groups is 3. The first-order valence-corrected chi connectivity index (χ1v) is 8.03. The Bertz CT molecular complexity index is 781. The third-order valence-corrected chi connectivity index (χ3v) is 3.69. The Kier molecular flexibility index (Phi) is 5.69. The van der Waals surface area contributed by atoms with Gasteiger partial charge in [0.15, 0.2) is 0 Å². The molecular formula is C18H22N4O3. The molecule has 0 saturated heterocycles. The van der Waals surface area contributed by atoms with Crippen LogP contribution in [0.15, 0.2) is 36.5 Å². The monoisotopic (exact) mass is 342 g/mol. The van der Waals surface area contributed by atoms with E-state index in [2.05, 4.69) is 10.4 Å². The number of amides is 2. The van der Waals surface area contributed by atoms with Crippen molar-refractivity contribution >= 4 is 17.6 Å². The summed E-state index contributed by atoms with van der Waals surface area (Å²) in [5.74, 6) is -2.21. The number of hydrogen-bond acceptors (Lipinski definition) is 4. The van der Waals surface area contributed by atoms with Gasteiger partial charge in [0, 0.05) is 18.8 Å². The van der Waals surface area contributed by atoms with E-state index in [-0.39, 0.29) is 5.92 Å². The molecule has 1 heterocycles. The van der Waals surface area contributed by atoms with Gasteiger partial charge >= 0.3 is 0 Å². The van der Waals surface area contributed by atoms with Crippen LogP contribution in [-0.2, 0) is 16.6 Å². The molecule has 3 N–H and O–H groups in total. The number of hydrogen-bond donors (Lipinski definition) is 2. The van der Waals surface area contributed by atoms with Crippen LogP contribution in [0.3, 0.4) is 0 Å². The lowest BCUT2D eigenvalue weighted by molar-refractivity contribution is -0.137. The lowest BCUT2D eigenvalue weighted by Gasteiger charge is -2.18. The molecule has 0 fully saturated rings. The highest BCUT2D eigenvalue weighted by Gasteiger charge is 2.28. The molecule has 7 nitrogen and oxygen atoms in total. The van der Waals surface area contributed by atoms with Gasteiger partial charge in [-0.05, 0) is 12.3 Å². The van der Waals surface area contributed by atoms with Crippen LogP contribution in [0.2, 0.25) is 0 Å². The molecule has 1 atom stereocenters. The smallest absolute Gasteiger partial charge is 0.287 e. The number of primary amides is 1. The van der Waals surface area contributed by atoms with Crippen LogP contribution in [0.5, 0.6) is 0 Å². The van der Waals surface area contributed by atoms with E-state index in [0.717, 1.165) is 5.56 Å². The van der Waals surface area contributed by atoms with Crippen LogP contribution in [0.1, 0.15) is 30.6 Å². The Morgan fingerprint density at radius 3 is 2.40 bits per heavy atom. The lowest BCUT2D eigenvalue weighted by atomic mass is 9.99. The third kappa shape index (κ3) is 4.53. The van der Waals surface area contributed by atoms with Crippen molar-refractivity contribution in [3.05, 3.63) is 42.1 Å². The Labute approximate surface area is 146 Å². The molecule has 132 valence electrons. The van der Waals surface area contributed by atoms with Crippen LogP contribution < -0.4 is 11.1 Å². The number of nitrogens with zero attached hydrogens (tertiary/aromatic N) is 2. The summed E-state index contributed by atoms with van der Waals surface area (Å²) in [7, 11) is 1.71. The predicted molar refractivity (Wildman–Crippen MR) is 93.6 cm³/mol. The average Bonchev–Trinajstić information content (AvgIpc) is 2.95. The van der Waals surface area contributed by atoms with E-state index < -0.39 is 23.6 Å². The zero-order valence-electron chi connectivity index (χ0n) is 14.5. The number of aromatic nitrogens is 2. The van der Waals surface area contributed by atoms with Gasteiger partial charge in [-0.3, -0.25) is 19.1 Å². The van der Waals surface area contributed by atoms with E-state index in [9.17, 15) is 14.4 Å². The van der Waals surface area contributed by atoms with E-state index in [1.165, 1.54) is 4.68 Å². The van der Waals surface area contributed by atoms with Crippen LogP contribution in [0, 0.1) is 5.92 Å². The van der Waals surface area contributed by atoms with Crippen molar-refractivity contribution in [2.45, 2.75) is 26.3 Å². The quantitative estimate of drug-likeness (QED) is 0.739. The summed E-state index contributed by atoms with van der Waals surface area (Å²) in [4.78, 5) is 35.9. The van der Waals surface area contributed by atoms with E-state index in [0.29, 0.717) is 17.7 Å². The highest BCUT2D eigenvalue weighted by molar-refractivity contribution is 6.38. The normalized spacial score (nSPS) is 12.0. The second-order valence-corrected chi connectivity index (χ2v) is 6.32. The number of rotatable bonds is 7. The minimum atomic E-state index is -1.06. The molecule has 1 aromatic heterocycles. The van der Waals surface area contributed by atoms with E-state index in [4.69, 9.17) is 5.73 Å². The van der Waals surface area contributed by atoms with E-state index in [1.807, 2.05) is 44.2 Å². The van der Waals surface area contributed by atoms with E-state index >= 15 is 0 Å². The van der Waals surface area contributed by atoms with Crippen molar-refractivity contribution in [3.63, 3.8) is 0 Å². The van der Waals surface area contributed by atoms with Gasteiger partial charge in [-0.2, -0.15) is 5.10 Å². The molecule has 0 aliphatic carbocycles. The topological polar surface area (TPSA) is 107 Å². The highest BCUT2D eigenvalue weighted by Crippen LogP contribution is 2.21. The number of Topliss-reactive ketones (excluding diaryl/α,β-unsaturated/α-hetero) is 1. The molecule has 1 aromatic carbocycles. The summed E-state index contributed by atoms with van der Waals surface area (Å²) in [6.07, 6.45) is 1.91. The van der Waals surface area contributed by atoms with Crippen molar-refractivity contribution < 1.29 is 14.4 Å². The van der Waals surface area contributed by atoms with Crippen molar-refractivity contribution in [3.8, 4) is 11.3 Å². The summed E-state index contributed by atoms with van der Waals surface area (Å²) < 4.78 is 1.53. The Morgan fingerprint density at radius 2 is 1.84 bits per heavy atom. The predicted octanol–water partition coefficient (Wildman–Crippen LogP) is 1.29. The first-order valence-electron chi connectivity index (χ1n) is 8.03. The van der Waals surface area contributed by atoms with Crippen molar-refractivity contribution in [2.75, 3.05) is 0 Å². The first kappa shape index (κ1) is 18.4. The molecule has 0 radical (unpaired) electrons. The minimum absolute atomic E-state index is 0.107. The number of ketones is 1. The molecular weight excluding hydrogens is 320 g/mol. The summed E-state index contributed by atoms with van der Waals surface area (Å²) >= 11 is 0. The molecule has 7 heteroatoms. The third-order valence-electron chi connectivity index (χ3n) is 3.69. The van der Waals surface area contributed by atoms with E-state index in [1.54, 1.807) is 13.2 Å². The molecule has 2 amide bonds. The lowest BCUT2D eigenvalue weighted by Crippen LogP contribution is -2.46. The van der Waals surface area contributed by atoms with Gasteiger partial charge in [0.05, 0.1) is 11.6 Å². The minimum Gasteiger partial charge on any atom is -0.363 e. The molecule has 0 spiro atoms. The van der Waals surface area contributed by atoms with Gasteiger partial charge in [0.1, 0.15) is 5.69 Å². The molecule has 0 aliphatic heterocycles. The summed E-state index contributed by atoms with van der Waals surface area (Å²) in [5, 5.41) is 6.96. The summed E-state index contributed by atoms with van der Waals surface area (Å²) in [6, 6.07) is 8.32. The standard InChI is InChI=1S/C18H22N4O3/c1-11(2)9-14(16(23)17(19)24)20-18(25)13-10-22(3)21-15(13)12-7-5-4-6-8-12/h4-8,10-11,14H,9H2,1-3H3,(H2,19,24)(H,20,25). The average molecular weight is 342 g/mol. The van der Waals surface area contributed by atoms with Gasteiger partial charge in [-0.15, -0.1) is 0 Å². The number of nitrogens with one attached hydrogen (secondary N) is 1. The number of benzene rings is 1. The van der Waals surface area contributed by atoms with Crippen LogP contribution in [0.25, 0.3) is 11.3 Å². The summed E-state index contributed by atoms with van der Waals surface area (Å²) in [5.41, 5.74) is 6.73. The second-order valence-electron chi connectivity index (χ2n) is 6.32. The van der Waals surface area contributed by atoms with Gasteiger partial charge in [0.2, 0.25) is 5.78 Å². The maximum absolute atomic E-state index is 12.7. The van der Waals surface area contributed by atoms with Gasteiger partial charge in [-0.25, -0.2) is 0 Å².